The van der Waals surface area contributed by atoms with Gasteiger partial charge in [0.15, 0.2) is 6.10 Å². The number of allylic oxidation sites excluding steroid dienone is 10. The summed E-state index contributed by atoms with van der Waals surface area (Å²) in [6.45, 7) is 6.55. The number of carbonyl (C=O) groups excluding carboxylic acids is 3. The van der Waals surface area contributed by atoms with E-state index >= 15 is 0 Å². The number of esters is 3. The Morgan fingerprint density at radius 2 is 0.520 bits per heavy atom. The van der Waals surface area contributed by atoms with Crippen LogP contribution in [-0.2, 0) is 28.6 Å². The molecule has 6 nitrogen and oxygen atoms in total. The SMILES string of the molecule is CC/C=C\C/C=C\C/C=C\C/C=C\CCCCCCC(=O)OC(COC(=O)CCCCCCCCCCCCCCC)COC(=O)CCCCCCCCCCCCCCCCC/C=C\CCCCCCCCCC. The van der Waals surface area contributed by atoms with Crippen LogP contribution in [0.5, 0.6) is 0 Å². The van der Waals surface area contributed by atoms with Crippen LogP contribution < -0.4 is 0 Å². The largest absolute Gasteiger partial charge is 0.462 e. The number of rotatable bonds is 60. The second kappa shape index (κ2) is 63.6. The summed E-state index contributed by atoms with van der Waals surface area (Å²) in [5.41, 5.74) is 0. The molecule has 0 aliphatic carbocycles. The minimum atomic E-state index is -0.785. The first-order valence-corrected chi connectivity index (χ1v) is 32.8. The van der Waals surface area contributed by atoms with E-state index in [1.807, 2.05) is 0 Å². The van der Waals surface area contributed by atoms with Gasteiger partial charge < -0.3 is 14.2 Å². The van der Waals surface area contributed by atoms with Gasteiger partial charge in [0.1, 0.15) is 13.2 Å². The summed E-state index contributed by atoms with van der Waals surface area (Å²) >= 11 is 0. The molecule has 0 aromatic heterocycles. The van der Waals surface area contributed by atoms with Crippen LogP contribution in [0.4, 0.5) is 0 Å². The van der Waals surface area contributed by atoms with Crippen LogP contribution in [-0.4, -0.2) is 37.2 Å². The molecule has 0 aliphatic heterocycles. The van der Waals surface area contributed by atoms with E-state index in [-0.39, 0.29) is 31.1 Å². The Kier molecular flexibility index (Phi) is 61.2. The maximum absolute atomic E-state index is 12.9. The molecular weight excluding hydrogens is 925 g/mol. The van der Waals surface area contributed by atoms with E-state index in [4.69, 9.17) is 14.2 Å². The predicted octanol–water partition coefficient (Wildman–Crippen LogP) is 22.3. The van der Waals surface area contributed by atoms with Gasteiger partial charge in [-0.3, -0.25) is 14.4 Å². The smallest absolute Gasteiger partial charge is 0.306 e. The zero-order chi connectivity index (χ0) is 54.3. The van der Waals surface area contributed by atoms with Crippen molar-refractivity contribution in [1.82, 2.24) is 0 Å². The van der Waals surface area contributed by atoms with Crippen LogP contribution in [0.3, 0.4) is 0 Å². The van der Waals surface area contributed by atoms with Gasteiger partial charge in [0.2, 0.25) is 0 Å². The summed E-state index contributed by atoms with van der Waals surface area (Å²) in [5.74, 6) is -0.886. The molecule has 0 heterocycles. The molecule has 0 N–H and O–H groups in total. The van der Waals surface area contributed by atoms with E-state index < -0.39 is 6.10 Å². The van der Waals surface area contributed by atoms with Gasteiger partial charge in [-0.1, -0.05) is 300 Å². The van der Waals surface area contributed by atoms with Gasteiger partial charge in [0, 0.05) is 19.3 Å². The van der Waals surface area contributed by atoms with E-state index in [2.05, 4.69) is 81.5 Å². The number of hydrogen-bond acceptors (Lipinski definition) is 6. The Hall–Kier alpha value is -2.89. The molecule has 0 fully saturated rings. The molecule has 0 rings (SSSR count). The van der Waals surface area contributed by atoms with E-state index in [1.54, 1.807) is 0 Å². The number of hydrogen-bond donors (Lipinski definition) is 0. The molecule has 0 radical (unpaired) electrons. The molecule has 0 saturated heterocycles. The van der Waals surface area contributed by atoms with Crippen molar-refractivity contribution in [2.24, 2.45) is 0 Å². The summed E-state index contributed by atoms with van der Waals surface area (Å²) in [6.07, 6.45) is 81.0. The van der Waals surface area contributed by atoms with Gasteiger partial charge in [-0.15, -0.1) is 0 Å². The Morgan fingerprint density at radius 1 is 0.280 bits per heavy atom. The number of unbranched alkanes of at least 4 members (excludes halogenated alkanes) is 39. The fraction of sp³-hybridized carbons (Fsp3) is 0.812. The molecule has 1 atom stereocenters. The summed E-state index contributed by atoms with van der Waals surface area (Å²) in [5, 5.41) is 0. The average molecular weight is 1050 g/mol. The first-order valence-electron chi connectivity index (χ1n) is 32.8. The van der Waals surface area contributed by atoms with Gasteiger partial charge in [-0.25, -0.2) is 0 Å². The molecule has 436 valence electrons. The van der Waals surface area contributed by atoms with E-state index in [0.29, 0.717) is 19.3 Å². The Balaban J connectivity index is 4.25. The zero-order valence-electron chi connectivity index (χ0n) is 50.1. The lowest BCUT2D eigenvalue weighted by molar-refractivity contribution is -0.167. The second-order valence-electron chi connectivity index (χ2n) is 22.0. The fourth-order valence-electron chi connectivity index (χ4n) is 9.61. The van der Waals surface area contributed by atoms with Crippen LogP contribution >= 0.6 is 0 Å². The van der Waals surface area contributed by atoms with Crippen LogP contribution in [0.1, 0.15) is 342 Å². The highest BCUT2D eigenvalue weighted by Gasteiger charge is 2.19. The van der Waals surface area contributed by atoms with Crippen molar-refractivity contribution < 1.29 is 28.6 Å². The van der Waals surface area contributed by atoms with Crippen LogP contribution in [0.15, 0.2) is 60.8 Å². The summed E-state index contributed by atoms with van der Waals surface area (Å²) < 4.78 is 16.9. The van der Waals surface area contributed by atoms with Crippen LogP contribution in [0.25, 0.3) is 0 Å². The third-order valence-corrected chi connectivity index (χ3v) is 14.5. The Bertz CT molecular complexity index is 1340. The van der Waals surface area contributed by atoms with Gasteiger partial charge in [0.05, 0.1) is 0 Å². The highest BCUT2D eigenvalue weighted by atomic mass is 16.6. The third kappa shape index (κ3) is 61.8. The van der Waals surface area contributed by atoms with Gasteiger partial charge in [-0.05, 0) is 83.5 Å². The Morgan fingerprint density at radius 3 is 0.827 bits per heavy atom. The quantitative estimate of drug-likeness (QED) is 0.0261. The second-order valence-corrected chi connectivity index (χ2v) is 22.0. The maximum atomic E-state index is 12.9. The van der Waals surface area contributed by atoms with Crippen molar-refractivity contribution in [2.75, 3.05) is 13.2 Å². The van der Waals surface area contributed by atoms with Crippen molar-refractivity contribution >= 4 is 17.9 Å². The average Bonchev–Trinajstić information content (AvgIpc) is 3.41. The minimum Gasteiger partial charge on any atom is -0.462 e. The lowest BCUT2D eigenvalue weighted by Gasteiger charge is -2.18. The normalized spacial score (nSPS) is 12.4. The van der Waals surface area contributed by atoms with Crippen LogP contribution in [0, 0.1) is 0 Å². The third-order valence-electron chi connectivity index (χ3n) is 14.5. The summed E-state index contributed by atoms with van der Waals surface area (Å²) in [7, 11) is 0. The van der Waals surface area contributed by atoms with E-state index in [0.717, 1.165) is 96.3 Å². The van der Waals surface area contributed by atoms with Crippen molar-refractivity contribution in [3.05, 3.63) is 60.8 Å². The fourth-order valence-corrected chi connectivity index (χ4v) is 9.61. The Labute approximate surface area is 466 Å². The van der Waals surface area contributed by atoms with Gasteiger partial charge in [0.25, 0.3) is 0 Å². The highest BCUT2D eigenvalue weighted by molar-refractivity contribution is 5.71. The van der Waals surface area contributed by atoms with Gasteiger partial charge >= 0.3 is 17.9 Å². The minimum absolute atomic E-state index is 0.0805. The lowest BCUT2D eigenvalue weighted by Crippen LogP contribution is -2.30. The molecule has 0 aliphatic rings. The summed E-state index contributed by atoms with van der Waals surface area (Å²) in [4.78, 5) is 38.3. The topological polar surface area (TPSA) is 78.9 Å². The maximum Gasteiger partial charge on any atom is 0.306 e. The first kappa shape index (κ1) is 72.1. The molecule has 6 heteroatoms. The lowest BCUT2D eigenvalue weighted by atomic mass is 10.0. The monoisotopic (exact) mass is 1050 g/mol. The zero-order valence-corrected chi connectivity index (χ0v) is 50.1. The van der Waals surface area contributed by atoms with Crippen molar-refractivity contribution in [3.8, 4) is 0 Å². The predicted molar refractivity (Wildman–Crippen MR) is 325 cm³/mol. The van der Waals surface area contributed by atoms with Crippen molar-refractivity contribution in [1.29, 1.82) is 0 Å². The highest BCUT2D eigenvalue weighted by Crippen LogP contribution is 2.17. The summed E-state index contributed by atoms with van der Waals surface area (Å²) in [6, 6.07) is 0. The van der Waals surface area contributed by atoms with E-state index in [9.17, 15) is 14.4 Å². The van der Waals surface area contributed by atoms with Gasteiger partial charge in [-0.2, -0.15) is 0 Å². The molecule has 0 aromatic carbocycles. The first-order chi connectivity index (χ1) is 37.0. The number of ether oxygens (including phenoxy) is 3. The molecule has 1 unspecified atom stereocenters. The molecule has 0 amide bonds. The molecule has 0 saturated carbocycles. The molecule has 75 heavy (non-hydrogen) atoms. The molecule has 0 spiro atoms. The van der Waals surface area contributed by atoms with Crippen LogP contribution in [0.2, 0.25) is 0 Å². The number of carbonyl (C=O) groups is 3. The van der Waals surface area contributed by atoms with E-state index in [1.165, 1.54) is 205 Å². The standard InChI is InChI=1S/C69H124O6/c1-4-7-10-13-16-19-22-25-27-29-30-31-32-33-34-35-36-37-38-40-41-44-47-50-53-56-59-62-68(71)74-65-66(64-73-67(70)61-58-55-52-49-46-43-24-21-18-15-12-9-6-3)75-69(72)63-60-57-54-51-48-45-42-39-28-26-23-20-17-14-11-8-5-2/h8,11,17,20,26,28-30,42,45,66H,4-7,9-10,12-16,18-19,21-25,27,31-41,43-44,46-65H2,1-3H3/b11-8-,20-17-,28-26-,30-29-,45-42-. The molecule has 0 aromatic rings. The van der Waals surface area contributed by atoms with Crippen molar-refractivity contribution in [3.63, 3.8) is 0 Å². The molecule has 0 bridgehead atoms. The molecular formula is C69H124O6. The van der Waals surface area contributed by atoms with Crippen molar-refractivity contribution in [2.45, 2.75) is 348 Å².